The van der Waals surface area contributed by atoms with E-state index in [0.717, 1.165) is 9.13 Å². The first-order chi connectivity index (χ1) is 8.58. The molecule has 0 spiro atoms. The minimum Gasteiger partial charge on any atom is -0.456 e. The summed E-state index contributed by atoms with van der Waals surface area (Å²) in [5.41, 5.74) is 1.12. The van der Waals surface area contributed by atoms with Gasteiger partial charge in [-0.15, -0.1) is 11.3 Å². The molecule has 0 aliphatic carbocycles. The fraction of sp³-hybridized carbons (Fsp3) is 0.333. The summed E-state index contributed by atoms with van der Waals surface area (Å²) in [5, 5.41) is 6.05. The molecule has 0 saturated heterocycles. The molecule has 0 aliphatic heterocycles. The van der Waals surface area contributed by atoms with Crippen LogP contribution in [-0.4, -0.2) is 21.9 Å². The summed E-state index contributed by atoms with van der Waals surface area (Å²) in [5.74, 6) is -0.253. The quantitative estimate of drug-likeness (QED) is 0.609. The van der Waals surface area contributed by atoms with Gasteiger partial charge in [0.1, 0.15) is 11.0 Å². The number of halogens is 1. The third-order valence-corrected chi connectivity index (χ3v) is 5.23. The van der Waals surface area contributed by atoms with Gasteiger partial charge in [-0.05, 0) is 53.4 Å². The van der Waals surface area contributed by atoms with Gasteiger partial charge in [-0.3, -0.25) is 4.68 Å². The van der Waals surface area contributed by atoms with Crippen molar-refractivity contribution in [2.45, 2.75) is 26.5 Å². The van der Waals surface area contributed by atoms with E-state index in [1.807, 2.05) is 31.5 Å². The molecular weight excluding hydrogens is 363 g/mol. The van der Waals surface area contributed by atoms with Gasteiger partial charge in [-0.2, -0.15) is 5.10 Å². The Bertz CT molecular complexity index is 536. The van der Waals surface area contributed by atoms with Crippen molar-refractivity contribution in [3.05, 3.63) is 37.9 Å². The minimum atomic E-state index is -0.253. The highest BCUT2D eigenvalue weighted by molar-refractivity contribution is 14.1. The van der Waals surface area contributed by atoms with Crippen LogP contribution < -0.4 is 0 Å². The van der Waals surface area contributed by atoms with Crippen molar-refractivity contribution in [2.24, 2.45) is 0 Å². The van der Waals surface area contributed by atoms with Crippen molar-refractivity contribution in [2.75, 3.05) is 0 Å². The molecule has 0 aliphatic rings. The second-order valence-corrected chi connectivity index (χ2v) is 5.96. The third kappa shape index (κ3) is 3.11. The van der Waals surface area contributed by atoms with Crippen LogP contribution in [0.2, 0.25) is 0 Å². The number of rotatable bonds is 4. The highest BCUT2D eigenvalue weighted by Crippen LogP contribution is 2.24. The van der Waals surface area contributed by atoms with Crippen molar-refractivity contribution in [3.8, 4) is 0 Å². The Labute approximate surface area is 123 Å². The lowest BCUT2D eigenvalue weighted by molar-refractivity contribution is 0.0303. The largest absolute Gasteiger partial charge is 0.456 e. The second kappa shape index (κ2) is 5.83. The molecule has 0 amide bonds. The minimum absolute atomic E-state index is 0.199. The van der Waals surface area contributed by atoms with Crippen molar-refractivity contribution >= 4 is 39.9 Å². The van der Waals surface area contributed by atoms with E-state index in [-0.39, 0.29) is 12.1 Å². The number of esters is 1. The first-order valence-electron chi connectivity index (χ1n) is 5.50. The van der Waals surface area contributed by atoms with Gasteiger partial charge in [0, 0.05) is 16.0 Å². The molecule has 96 valence electrons. The average molecular weight is 376 g/mol. The smallest absolute Gasteiger partial charge is 0.349 e. The first kappa shape index (κ1) is 13.5. The molecule has 0 fully saturated rings. The average Bonchev–Trinajstić information content (AvgIpc) is 2.91. The van der Waals surface area contributed by atoms with Gasteiger partial charge in [-0.1, -0.05) is 0 Å². The highest BCUT2D eigenvalue weighted by atomic mass is 127. The van der Waals surface area contributed by atoms with Crippen LogP contribution in [0, 0.1) is 10.5 Å². The molecule has 1 unspecified atom stereocenters. The van der Waals surface area contributed by atoms with Crippen LogP contribution in [0.5, 0.6) is 0 Å². The van der Waals surface area contributed by atoms with Crippen molar-refractivity contribution < 1.29 is 9.53 Å². The first-order valence-corrected chi connectivity index (χ1v) is 7.45. The van der Waals surface area contributed by atoms with Gasteiger partial charge in [0.2, 0.25) is 0 Å². The van der Waals surface area contributed by atoms with Crippen LogP contribution in [0.4, 0.5) is 0 Å². The lowest BCUT2D eigenvalue weighted by Gasteiger charge is -2.12. The maximum Gasteiger partial charge on any atom is 0.349 e. The number of thiophene rings is 1. The van der Waals surface area contributed by atoms with Gasteiger partial charge < -0.3 is 4.74 Å². The molecule has 1 atom stereocenters. The predicted octanol–water partition coefficient (Wildman–Crippen LogP) is 3.10. The fourth-order valence-electron chi connectivity index (χ4n) is 1.51. The number of ether oxygens (including phenoxy) is 1. The van der Waals surface area contributed by atoms with Gasteiger partial charge in [-0.25, -0.2) is 4.79 Å². The Hall–Kier alpha value is -0.890. The monoisotopic (exact) mass is 376 g/mol. The van der Waals surface area contributed by atoms with Crippen molar-refractivity contribution in [1.82, 2.24) is 9.78 Å². The molecule has 0 bridgehead atoms. The maximum absolute atomic E-state index is 12.0. The molecule has 4 nitrogen and oxygen atoms in total. The summed E-state index contributed by atoms with van der Waals surface area (Å²) in [4.78, 5) is 12.7. The number of carbonyl (C=O) groups is 1. The number of aromatic nitrogens is 2. The normalized spacial score (nSPS) is 12.4. The number of aryl methyl sites for hydroxylation is 1. The van der Waals surface area contributed by atoms with Crippen LogP contribution in [0.3, 0.4) is 0 Å². The molecule has 6 heteroatoms. The van der Waals surface area contributed by atoms with Gasteiger partial charge in [0.15, 0.2) is 0 Å². The van der Waals surface area contributed by atoms with E-state index in [9.17, 15) is 4.79 Å². The number of hydrogen-bond acceptors (Lipinski definition) is 4. The summed E-state index contributed by atoms with van der Waals surface area (Å²) in [7, 11) is 0. The molecule has 2 aromatic rings. The standard InChI is InChI=1S/C12H13IN2O2S/c1-8-7-18-11(10(8)13)12(16)17-9(2)6-15-5-3-4-14-15/h3-5,7,9H,6H2,1-2H3. The van der Waals surface area contributed by atoms with E-state index in [2.05, 4.69) is 27.7 Å². The summed E-state index contributed by atoms with van der Waals surface area (Å²) < 4.78 is 8.14. The van der Waals surface area contributed by atoms with E-state index in [1.165, 1.54) is 11.3 Å². The summed E-state index contributed by atoms with van der Waals surface area (Å²) in [6.07, 6.45) is 3.36. The molecule has 0 N–H and O–H groups in total. The number of hydrogen-bond donors (Lipinski definition) is 0. The van der Waals surface area contributed by atoms with Gasteiger partial charge in [0.25, 0.3) is 0 Å². The Balaban J connectivity index is 1.97. The summed E-state index contributed by atoms with van der Waals surface area (Å²) in [6, 6.07) is 1.85. The molecule has 0 radical (unpaired) electrons. The number of carbonyl (C=O) groups excluding carboxylic acids is 1. The SMILES string of the molecule is Cc1csc(C(=O)OC(C)Cn2cccn2)c1I. The Morgan fingerprint density at radius 3 is 3.00 bits per heavy atom. The molecule has 2 aromatic heterocycles. The molecule has 2 heterocycles. The zero-order valence-electron chi connectivity index (χ0n) is 10.1. The van der Waals surface area contributed by atoms with Crippen molar-refractivity contribution in [3.63, 3.8) is 0 Å². The van der Waals surface area contributed by atoms with Crippen LogP contribution in [0.1, 0.15) is 22.2 Å². The molecular formula is C12H13IN2O2S. The summed E-state index contributed by atoms with van der Waals surface area (Å²) in [6.45, 7) is 4.43. The second-order valence-electron chi connectivity index (χ2n) is 4.01. The van der Waals surface area contributed by atoms with Crippen LogP contribution in [0.25, 0.3) is 0 Å². The highest BCUT2D eigenvalue weighted by Gasteiger charge is 2.18. The van der Waals surface area contributed by atoms with Gasteiger partial charge in [0.05, 0.1) is 6.54 Å². The van der Waals surface area contributed by atoms with Gasteiger partial charge >= 0.3 is 5.97 Å². The zero-order chi connectivity index (χ0) is 13.1. The lowest BCUT2D eigenvalue weighted by atomic mass is 10.3. The van der Waals surface area contributed by atoms with E-state index in [4.69, 9.17) is 4.74 Å². The fourth-order valence-corrected chi connectivity index (χ4v) is 3.30. The van der Waals surface area contributed by atoms with E-state index in [1.54, 1.807) is 10.9 Å². The predicted molar refractivity (Wildman–Crippen MR) is 78.9 cm³/mol. The van der Waals surface area contributed by atoms with E-state index < -0.39 is 0 Å². The van der Waals surface area contributed by atoms with Crippen LogP contribution in [0.15, 0.2) is 23.8 Å². The zero-order valence-corrected chi connectivity index (χ0v) is 13.1. The lowest BCUT2D eigenvalue weighted by Crippen LogP contribution is -2.20. The molecule has 2 rings (SSSR count). The molecule has 0 aromatic carbocycles. The number of nitrogens with zero attached hydrogens (tertiary/aromatic N) is 2. The summed E-state index contributed by atoms with van der Waals surface area (Å²) >= 11 is 3.61. The topological polar surface area (TPSA) is 44.1 Å². The third-order valence-electron chi connectivity index (χ3n) is 2.40. The van der Waals surface area contributed by atoms with Crippen molar-refractivity contribution in [1.29, 1.82) is 0 Å². The molecule has 18 heavy (non-hydrogen) atoms. The molecule has 0 saturated carbocycles. The Kier molecular flexibility index (Phi) is 4.39. The van der Waals surface area contributed by atoms with E-state index >= 15 is 0 Å². The Morgan fingerprint density at radius 1 is 1.67 bits per heavy atom. The van der Waals surface area contributed by atoms with E-state index in [0.29, 0.717) is 11.4 Å². The van der Waals surface area contributed by atoms with Crippen LogP contribution >= 0.6 is 33.9 Å². The van der Waals surface area contributed by atoms with Crippen LogP contribution in [-0.2, 0) is 11.3 Å². The maximum atomic E-state index is 12.0. The Morgan fingerprint density at radius 2 is 2.44 bits per heavy atom.